The predicted molar refractivity (Wildman–Crippen MR) is 69.4 cm³/mol. The minimum atomic E-state index is -0.213. The number of allylic oxidation sites excluding steroid dienone is 3. The Balaban J connectivity index is 4.06. The zero-order chi connectivity index (χ0) is 12.6. The molecule has 0 aromatic heterocycles. The highest BCUT2D eigenvalue weighted by Crippen LogP contribution is 2.13. The summed E-state index contributed by atoms with van der Waals surface area (Å²) in [5.74, 6) is 0.648. The molecular formula is C14H26O2. The summed E-state index contributed by atoms with van der Waals surface area (Å²) in [6, 6.07) is 0. The minimum Gasteiger partial charge on any atom is -0.352 e. The SMILES string of the molecule is COC(C=C(C)CCC=C(C)C(C)C)OC. The lowest BCUT2D eigenvalue weighted by molar-refractivity contribution is -0.0671. The zero-order valence-corrected chi connectivity index (χ0v) is 11.5. The molecule has 0 rings (SSSR count). The molecule has 0 saturated carbocycles. The van der Waals surface area contributed by atoms with E-state index < -0.39 is 0 Å². The van der Waals surface area contributed by atoms with Crippen molar-refractivity contribution >= 4 is 0 Å². The fourth-order valence-electron chi connectivity index (χ4n) is 1.31. The number of ether oxygens (including phenoxy) is 2. The van der Waals surface area contributed by atoms with Crippen LogP contribution in [0.5, 0.6) is 0 Å². The van der Waals surface area contributed by atoms with Crippen LogP contribution < -0.4 is 0 Å². The molecule has 0 amide bonds. The van der Waals surface area contributed by atoms with E-state index in [0.717, 1.165) is 12.8 Å². The Morgan fingerprint density at radius 2 is 1.69 bits per heavy atom. The van der Waals surface area contributed by atoms with Crippen LogP contribution in [0.3, 0.4) is 0 Å². The highest BCUT2D eigenvalue weighted by Gasteiger charge is 2.01. The number of rotatable bonds is 7. The predicted octanol–water partition coefficient (Wildman–Crippen LogP) is 3.93. The summed E-state index contributed by atoms with van der Waals surface area (Å²) in [4.78, 5) is 0. The van der Waals surface area contributed by atoms with Gasteiger partial charge in [0.15, 0.2) is 6.29 Å². The Morgan fingerprint density at radius 3 is 2.12 bits per heavy atom. The van der Waals surface area contributed by atoms with Gasteiger partial charge in [-0.3, -0.25) is 0 Å². The van der Waals surface area contributed by atoms with Gasteiger partial charge < -0.3 is 9.47 Å². The van der Waals surface area contributed by atoms with Crippen LogP contribution in [0.15, 0.2) is 23.3 Å². The molecule has 2 nitrogen and oxygen atoms in total. The molecule has 0 N–H and O–H groups in total. The van der Waals surface area contributed by atoms with E-state index in [1.807, 2.05) is 6.08 Å². The van der Waals surface area contributed by atoms with Gasteiger partial charge in [-0.05, 0) is 38.7 Å². The molecule has 0 fully saturated rings. The maximum atomic E-state index is 5.12. The molecule has 0 saturated heterocycles. The van der Waals surface area contributed by atoms with Crippen LogP contribution in [0.25, 0.3) is 0 Å². The molecule has 0 atom stereocenters. The van der Waals surface area contributed by atoms with Crippen LogP contribution in [0.4, 0.5) is 0 Å². The first kappa shape index (κ1) is 15.4. The quantitative estimate of drug-likeness (QED) is 0.483. The van der Waals surface area contributed by atoms with E-state index in [1.54, 1.807) is 14.2 Å². The van der Waals surface area contributed by atoms with Crippen molar-refractivity contribution in [1.82, 2.24) is 0 Å². The van der Waals surface area contributed by atoms with E-state index in [4.69, 9.17) is 9.47 Å². The third kappa shape index (κ3) is 6.81. The average molecular weight is 226 g/mol. The molecule has 0 aliphatic rings. The van der Waals surface area contributed by atoms with Crippen molar-refractivity contribution in [2.75, 3.05) is 14.2 Å². The van der Waals surface area contributed by atoms with E-state index in [0.29, 0.717) is 5.92 Å². The molecule has 94 valence electrons. The second-order valence-corrected chi connectivity index (χ2v) is 4.49. The van der Waals surface area contributed by atoms with Crippen LogP contribution in [0.1, 0.15) is 40.5 Å². The first-order valence-corrected chi connectivity index (χ1v) is 5.90. The van der Waals surface area contributed by atoms with Gasteiger partial charge >= 0.3 is 0 Å². The van der Waals surface area contributed by atoms with E-state index in [2.05, 4.69) is 33.8 Å². The van der Waals surface area contributed by atoms with Crippen molar-refractivity contribution in [2.45, 2.75) is 46.8 Å². The molecule has 16 heavy (non-hydrogen) atoms. The standard InChI is InChI=1S/C14H26O2/c1-11(2)13(4)9-7-8-12(3)10-14(15-5)16-6/h9-11,14H,7-8H2,1-6H3. The summed E-state index contributed by atoms with van der Waals surface area (Å²) in [5.41, 5.74) is 2.77. The first-order valence-electron chi connectivity index (χ1n) is 5.90. The summed E-state index contributed by atoms with van der Waals surface area (Å²) in [7, 11) is 3.31. The summed E-state index contributed by atoms with van der Waals surface area (Å²) in [6.45, 7) is 8.75. The van der Waals surface area contributed by atoms with Crippen molar-refractivity contribution in [1.29, 1.82) is 0 Å². The van der Waals surface area contributed by atoms with E-state index in [9.17, 15) is 0 Å². The van der Waals surface area contributed by atoms with E-state index in [-0.39, 0.29) is 6.29 Å². The first-order chi connectivity index (χ1) is 7.51. The van der Waals surface area contributed by atoms with Crippen molar-refractivity contribution in [3.05, 3.63) is 23.3 Å². The zero-order valence-electron chi connectivity index (χ0n) is 11.5. The summed E-state index contributed by atoms with van der Waals surface area (Å²) < 4.78 is 10.2. The number of methoxy groups -OCH3 is 2. The highest BCUT2D eigenvalue weighted by molar-refractivity contribution is 5.05. The second-order valence-electron chi connectivity index (χ2n) is 4.49. The Bertz CT molecular complexity index is 235. The molecule has 0 heterocycles. The van der Waals surface area contributed by atoms with E-state index in [1.165, 1.54) is 11.1 Å². The van der Waals surface area contributed by atoms with Gasteiger partial charge in [0.05, 0.1) is 0 Å². The van der Waals surface area contributed by atoms with Crippen LogP contribution in [-0.4, -0.2) is 20.5 Å². The molecule has 0 aliphatic carbocycles. The molecule has 0 aromatic carbocycles. The monoisotopic (exact) mass is 226 g/mol. The van der Waals surface area contributed by atoms with E-state index >= 15 is 0 Å². The second kappa shape index (κ2) is 8.54. The maximum absolute atomic E-state index is 5.12. The molecular weight excluding hydrogens is 200 g/mol. The fraction of sp³-hybridized carbons (Fsp3) is 0.714. The van der Waals surface area contributed by atoms with Crippen LogP contribution in [0, 0.1) is 5.92 Å². The van der Waals surface area contributed by atoms with Crippen molar-refractivity contribution in [2.24, 2.45) is 5.92 Å². The largest absolute Gasteiger partial charge is 0.352 e. The summed E-state index contributed by atoms with van der Waals surface area (Å²) in [5, 5.41) is 0. The topological polar surface area (TPSA) is 18.5 Å². The normalized spacial score (nSPS) is 14.0. The lowest BCUT2D eigenvalue weighted by Crippen LogP contribution is -2.09. The van der Waals surface area contributed by atoms with Gasteiger partial charge in [-0.15, -0.1) is 0 Å². The molecule has 0 unspecified atom stereocenters. The molecule has 0 bridgehead atoms. The Kier molecular flexibility index (Phi) is 8.22. The van der Waals surface area contributed by atoms with Crippen LogP contribution >= 0.6 is 0 Å². The molecule has 0 aliphatic heterocycles. The third-order valence-electron chi connectivity index (χ3n) is 2.80. The number of hydrogen-bond acceptors (Lipinski definition) is 2. The Morgan fingerprint density at radius 1 is 1.12 bits per heavy atom. The maximum Gasteiger partial charge on any atom is 0.176 e. The molecule has 0 aromatic rings. The van der Waals surface area contributed by atoms with Crippen LogP contribution in [0.2, 0.25) is 0 Å². The van der Waals surface area contributed by atoms with Gasteiger partial charge in [-0.1, -0.05) is 31.1 Å². The van der Waals surface area contributed by atoms with Crippen molar-refractivity contribution in [3.8, 4) is 0 Å². The van der Waals surface area contributed by atoms with Gasteiger partial charge in [0.25, 0.3) is 0 Å². The van der Waals surface area contributed by atoms with Crippen LogP contribution in [-0.2, 0) is 9.47 Å². The Labute approximate surface area is 100 Å². The van der Waals surface area contributed by atoms with Gasteiger partial charge in [-0.2, -0.15) is 0 Å². The summed E-state index contributed by atoms with van der Waals surface area (Å²) >= 11 is 0. The lowest BCUT2D eigenvalue weighted by Gasteiger charge is -2.10. The van der Waals surface area contributed by atoms with Gasteiger partial charge in [-0.25, -0.2) is 0 Å². The smallest absolute Gasteiger partial charge is 0.176 e. The lowest BCUT2D eigenvalue weighted by atomic mass is 10.0. The summed E-state index contributed by atoms with van der Waals surface area (Å²) in [6.07, 6.45) is 6.28. The average Bonchev–Trinajstić information content (AvgIpc) is 2.25. The third-order valence-corrected chi connectivity index (χ3v) is 2.80. The Hall–Kier alpha value is -0.600. The molecule has 2 heteroatoms. The van der Waals surface area contributed by atoms with Gasteiger partial charge in [0.2, 0.25) is 0 Å². The van der Waals surface area contributed by atoms with Crippen molar-refractivity contribution < 1.29 is 9.47 Å². The van der Waals surface area contributed by atoms with Gasteiger partial charge in [0.1, 0.15) is 0 Å². The molecule has 0 spiro atoms. The minimum absolute atomic E-state index is 0.213. The fourth-order valence-corrected chi connectivity index (χ4v) is 1.31. The van der Waals surface area contributed by atoms with Crippen molar-refractivity contribution in [3.63, 3.8) is 0 Å². The van der Waals surface area contributed by atoms with Gasteiger partial charge in [0, 0.05) is 14.2 Å². The molecule has 0 radical (unpaired) electrons. The highest BCUT2D eigenvalue weighted by atomic mass is 16.7. The number of hydrogen-bond donors (Lipinski definition) is 0.